The molecule has 2 heterocycles. The number of carbonyl (C=O) groups excluding carboxylic acids is 1. The number of hydrogen-bond donors (Lipinski definition) is 1. The minimum atomic E-state index is -0.296. The number of ether oxygens (including phenoxy) is 1. The zero-order valence-electron chi connectivity index (χ0n) is 18.3. The van der Waals surface area contributed by atoms with E-state index in [1.165, 1.54) is 12.1 Å². The number of carbonyl (C=O) groups is 1. The molecule has 166 valence electrons. The number of fused-ring (bicyclic) bond motifs is 2. The Morgan fingerprint density at radius 1 is 1.06 bits per heavy atom. The Hall–Kier alpha value is -3.94. The van der Waals surface area contributed by atoms with Crippen molar-refractivity contribution in [2.24, 2.45) is 0 Å². The zero-order valence-corrected chi connectivity index (χ0v) is 18.3. The standard InChI is InChI=1S/C25H22FN5O2/c1-3-33-18-8-9-21-19(12-18)14(2)28-25(29-21)31-24-27-13-20-22(30-24)10-16(11-23(20)32)15-4-6-17(26)7-5-15/h4-9,12-13,16H,3,10-11H2,1-2H3,(H,27,28,29,30,31)/t16-/m0/s1. The molecule has 4 aromatic rings. The molecule has 0 saturated heterocycles. The molecule has 0 amide bonds. The lowest BCUT2D eigenvalue weighted by molar-refractivity contribution is 0.0962. The van der Waals surface area contributed by atoms with Gasteiger partial charge >= 0.3 is 0 Å². The Morgan fingerprint density at radius 3 is 2.67 bits per heavy atom. The minimum Gasteiger partial charge on any atom is -0.494 e. The summed E-state index contributed by atoms with van der Waals surface area (Å²) in [6.07, 6.45) is 2.48. The second kappa shape index (κ2) is 8.54. The van der Waals surface area contributed by atoms with Crippen LogP contribution in [-0.4, -0.2) is 32.3 Å². The molecule has 1 aliphatic carbocycles. The van der Waals surface area contributed by atoms with Crippen molar-refractivity contribution >= 4 is 28.6 Å². The second-order valence-electron chi connectivity index (χ2n) is 8.00. The maximum Gasteiger partial charge on any atom is 0.230 e. The molecule has 5 rings (SSSR count). The molecule has 33 heavy (non-hydrogen) atoms. The van der Waals surface area contributed by atoms with Crippen LogP contribution in [0.4, 0.5) is 16.3 Å². The average Bonchev–Trinajstić information content (AvgIpc) is 2.80. The van der Waals surface area contributed by atoms with Gasteiger partial charge in [0.25, 0.3) is 0 Å². The molecular formula is C25H22FN5O2. The van der Waals surface area contributed by atoms with Crippen LogP contribution < -0.4 is 10.1 Å². The van der Waals surface area contributed by atoms with E-state index in [9.17, 15) is 9.18 Å². The number of nitrogens with zero attached hydrogens (tertiary/aromatic N) is 4. The summed E-state index contributed by atoms with van der Waals surface area (Å²) in [4.78, 5) is 30.7. The van der Waals surface area contributed by atoms with Gasteiger partial charge in [-0.25, -0.2) is 24.3 Å². The van der Waals surface area contributed by atoms with Crippen LogP contribution >= 0.6 is 0 Å². The summed E-state index contributed by atoms with van der Waals surface area (Å²) in [6.45, 7) is 4.43. The van der Waals surface area contributed by atoms with Gasteiger partial charge < -0.3 is 4.74 Å². The Bertz CT molecular complexity index is 1360. The van der Waals surface area contributed by atoms with E-state index < -0.39 is 0 Å². The molecule has 0 radical (unpaired) electrons. The number of benzene rings is 2. The van der Waals surface area contributed by atoms with E-state index in [4.69, 9.17) is 4.74 Å². The van der Waals surface area contributed by atoms with Gasteiger partial charge in [-0.2, -0.15) is 0 Å². The monoisotopic (exact) mass is 443 g/mol. The first-order valence-corrected chi connectivity index (χ1v) is 10.8. The molecule has 8 heteroatoms. The molecule has 2 aromatic heterocycles. The van der Waals surface area contributed by atoms with Gasteiger partial charge in [-0.05, 0) is 62.1 Å². The summed E-state index contributed by atoms with van der Waals surface area (Å²) in [5.41, 5.74) is 3.69. The lowest BCUT2D eigenvalue weighted by Crippen LogP contribution is -2.21. The van der Waals surface area contributed by atoms with Gasteiger partial charge in [0, 0.05) is 18.0 Å². The van der Waals surface area contributed by atoms with E-state index >= 15 is 0 Å². The normalized spacial score (nSPS) is 15.4. The van der Waals surface area contributed by atoms with Crippen molar-refractivity contribution in [3.63, 3.8) is 0 Å². The van der Waals surface area contributed by atoms with E-state index in [1.54, 1.807) is 18.3 Å². The number of aromatic nitrogens is 4. The summed E-state index contributed by atoms with van der Waals surface area (Å²) in [6, 6.07) is 12.0. The number of anilines is 2. The smallest absolute Gasteiger partial charge is 0.230 e. The van der Waals surface area contributed by atoms with Crippen LogP contribution in [0.2, 0.25) is 0 Å². The van der Waals surface area contributed by atoms with Crippen molar-refractivity contribution in [3.8, 4) is 5.75 Å². The van der Waals surface area contributed by atoms with Gasteiger partial charge in [0.2, 0.25) is 11.9 Å². The Balaban J connectivity index is 1.42. The summed E-state index contributed by atoms with van der Waals surface area (Å²) >= 11 is 0. The first kappa shape index (κ1) is 20.9. The highest BCUT2D eigenvalue weighted by Gasteiger charge is 2.28. The van der Waals surface area contributed by atoms with Gasteiger partial charge in [-0.15, -0.1) is 0 Å². The Morgan fingerprint density at radius 2 is 1.88 bits per heavy atom. The van der Waals surface area contributed by atoms with E-state index in [2.05, 4.69) is 25.3 Å². The molecule has 0 unspecified atom stereocenters. The number of nitrogens with one attached hydrogen (secondary N) is 1. The zero-order chi connectivity index (χ0) is 22.9. The molecule has 2 aromatic carbocycles. The van der Waals surface area contributed by atoms with Crippen LogP contribution in [-0.2, 0) is 6.42 Å². The Kier molecular flexibility index (Phi) is 5.42. The van der Waals surface area contributed by atoms with Crippen LogP contribution in [0.15, 0.2) is 48.7 Å². The third kappa shape index (κ3) is 4.24. The number of aryl methyl sites for hydroxylation is 1. The highest BCUT2D eigenvalue weighted by Crippen LogP contribution is 2.32. The van der Waals surface area contributed by atoms with Crippen molar-refractivity contribution in [1.82, 2.24) is 19.9 Å². The van der Waals surface area contributed by atoms with Crippen molar-refractivity contribution in [1.29, 1.82) is 0 Å². The molecule has 0 spiro atoms. The summed E-state index contributed by atoms with van der Waals surface area (Å²) in [5.74, 6) is 1.12. The molecular weight excluding hydrogens is 421 g/mol. The largest absolute Gasteiger partial charge is 0.494 e. The molecule has 1 atom stereocenters. The summed E-state index contributed by atoms with van der Waals surface area (Å²) in [5, 5.41) is 3.98. The summed E-state index contributed by atoms with van der Waals surface area (Å²) < 4.78 is 18.9. The fourth-order valence-electron chi connectivity index (χ4n) is 4.15. The molecule has 7 nitrogen and oxygen atoms in total. The van der Waals surface area contributed by atoms with E-state index in [0.717, 1.165) is 27.9 Å². The third-order valence-corrected chi connectivity index (χ3v) is 5.77. The Labute approximate surface area is 190 Å². The number of halogens is 1. The van der Waals surface area contributed by atoms with Gasteiger partial charge in [0.1, 0.15) is 11.6 Å². The molecule has 0 fully saturated rings. The van der Waals surface area contributed by atoms with Crippen LogP contribution in [0.3, 0.4) is 0 Å². The maximum atomic E-state index is 13.3. The van der Waals surface area contributed by atoms with Crippen molar-refractivity contribution in [2.75, 3.05) is 11.9 Å². The highest BCUT2D eigenvalue weighted by atomic mass is 19.1. The lowest BCUT2D eigenvalue weighted by atomic mass is 9.82. The topological polar surface area (TPSA) is 89.9 Å². The number of Topliss-reactive ketones (excluding diaryl/α,β-unsaturated/α-hetero) is 1. The SMILES string of the molecule is CCOc1ccc2nc(Nc3ncc4c(n3)C[C@H](c3ccc(F)cc3)CC4=O)nc(C)c2c1. The first-order chi connectivity index (χ1) is 16.0. The predicted octanol–water partition coefficient (Wildman–Crippen LogP) is 4.92. The number of hydrogen-bond acceptors (Lipinski definition) is 7. The van der Waals surface area contributed by atoms with Gasteiger partial charge in [0.05, 0.1) is 29.1 Å². The van der Waals surface area contributed by atoms with Crippen molar-refractivity contribution < 1.29 is 13.9 Å². The second-order valence-corrected chi connectivity index (χ2v) is 8.00. The number of ketones is 1. The number of rotatable bonds is 5. The minimum absolute atomic E-state index is 0.0139. The fourth-order valence-corrected chi connectivity index (χ4v) is 4.15. The quantitative estimate of drug-likeness (QED) is 0.468. The summed E-state index contributed by atoms with van der Waals surface area (Å²) in [7, 11) is 0. The average molecular weight is 443 g/mol. The third-order valence-electron chi connectivity index (χ3n) is 5.77. The van der Waals surface area contributed by atoms with E-state index in [0.29, 0.717) is 42.6 Å². The first-order valence-electron chi connectivity index (χ1n) is 10.8. The van der Waals surface area contributed by atoms with Gasteiger partial charge in [-0.3, -0.25) is 10.1 Å². The molecule has 0 aliphatic heterocycles. The van der Waals surface area contributed by atoms with Crippen LogP contribution in [0, 0.1) is 12.7 Å². The van der Waals surface area contributed by atoms with Crippen LogP contribution in [0.5, 0.6) is 5.75 Å². The van der Waals surface area contributed by atoms with E-state index in [-0.39, 0.29) is 17.5 Å². The highest BCUT2D eigenvalue weighted by molar-refractivity contribution is 5.98. The van der Waals surface area contributed by atoms with Crippen LogP contribution in [0.25, 0.3) is 10.9 Å². The maximum absolute atomic E-state index is 13.3. The molecule has 0 bridgehead atoms. The van der Waals surface area contributed by atoms with Gasteiger partial charge in [0.15, 0.2) is 5.78 Å². The fraction of sp³-hybridized carbons (Fsp3) is 0.240. The van der Waals surface area contributed by atoms with Gasteiger partial charge in [-0.1, -0.05) is 12.1 Å². The molecule has 1 N–H and O–H groups in total. The molecule has 1 aliphatic rings. The van der Waals surface area contributed by atoms with Crippen molar-refractivity contribution in [2.45, 2.75) is 32.6 Å². The van der Waals surface area contributed by atoms with Crippen molar-refractivity contribution in [3.05, 3.63) is 77.0 Å². The van der Waals surface area contributed by atoms with E-state index in [1.807, 2.05) is 32.0 Å². The molecule has 0 saturated carbocycles. The lowest BCUT2D eigenvalue weighted by Gasteiger charge is -2.23. The van der Waals surface area contributed by atoms with Crippen LogP contribution in [0.1, 0.15) is 46.6 Å². The predicted molar refractivity (Wildman–Crippen MR) is 123 cm³/mol.